The molecule has 1 heterocycles. The van der Waals surface area contributed by atoms with Crippen LogP contribution in [0, 0.1) is 0 Å². The van der Waals surface area contributed by atoms with Gasteiger partial charge in [-0.1, -0.05) is 29.5 Å². The molecule has 1 amide bonds. The highest BCUT2D eigenvalue weighted by molar-refractivity contribution is 7.92. The van der Waals surface area contributed by atoms with Gasteiger partial charge < -0.3 is 14.0 Å². The molecule has 0 saturated heterocycles. The molecule has 0 N–H and O–H groups in total. The zero-order chi connectivity index (χ0) is 25.0. The van der Waals surface area contributed by atoms with Crippen LogP contribution in [0.15, 0.2) is 82.7 Å². The first-order valence-corrected chi connectivity index (χ1v) is 13.0. The van der Waals surface area contributed by atoms with Crippen molar-refractivity contribution >= 4 is 43.2 Å². The molecule has 35 heavy (non-hydrogen) atoms. The van der Waals surface area contributed by atoms with E-state index in [1.807, 2.05) is 28.8 Å². The molecule has 4 aromatic rings. The van der Waals surface area contributed by atoms with Crippen LogP contribution in [0.3, 0.4) is 0 Å². The summed E-state index contributed by atoms with van der Waals surface area (Å²) in [5.74, 6) is 0.253. The summed E-state index contributed by atoms with van der Waals surface area (Å²) < 4.78 is 40.6. The second kappa shape index (κ2) is 10.4. The number of carbonyl (C=O) groups excluding carboxylic acids is 1. The lowest BCUT2D eigenvalue weighted by Gasteiger charge is -2.19. The van der Waals surface area contributed by atoms with Gasteiger partial charge in [-0.3, -0.25) is 9.10 Å². The van der Waals surface area contributed by atoms with Crippen LogP contribution >= 0.6 is 11.3 Å². The number of carbonyl (C=O) groups is 1. The van der Waals surface area contributed by atoms with E-state index in [1.165, 1.54) is 47.0 Å². The number of amides is 1. The molecule has 0 aliphatic heterocycles. The van der Waals surface area contributed by atoms with E-state index in [-0.39, 0.29) is 4.90 Å². The maximum atomic E-state index is 13.0. The molecule has 8 nitrogen and oxygen atoms in total. The number of ether oxygens (including phenoxy) is 2. The predicted molar refractivity (Wildman–Crippen MR) is 137 cm³/mol. The molecule has 182 valence electrons. The van der Waals surface area contributed by atoms with E-state index >= 15 is 0 Å². The summed E-state index contributed by atoms with van der Waals surface area (Å²) in [7, 11) is 0.941. The highest BCUT2D eigenvalue weighted by Crippen LogP contribution is 2.24. The van der Waals surface area contributed by atoms with E-state index in [9.17, 15) is 13.2 Å². The smallest absolute Gasteiger partial charge is 0.279 e. The van der Waals surface area contributed by atoms with E-state index in [0.29, 0.717) is 35.0 Å². The van der Waals surface area contributed by atoms with E-state index in [0.717, 1.165) is 10.2 Å². The number of methoxy groups -OCH3 is 2. The Balaban J connectivity index is 1.66. The van der Waals surface area contributed by atoms with Crippen LogP contribution in [-0.2, 0) is 21.3 Å². The monoisotopic (exact) mass is 511 g/mol. The minimum absolute atomic E-state index is 0.0875. The van der Waals surface area contributed by atoms with Crippen LogP contribution in [0.4, 0.5) is 5.69 Å². The minimum Gasteiger partial charge on any atom is -0.497 e. The topological polar surface area (TPSA) is 90.2 Å². The summed E-state index contributed by atoms with van der Waals surface area (Å²) in [5, 5.41) is 0. The molecule has 0 radical (unpaired) electrons. The fourth-order valence-corrected chi connectivity index (χ4v) is 5.80. The van der Waals surface area contributed by atoms with Gasteiger partial charge in [0.15, 0.2) is 4.80 Å². The van der Waals surface area contributed by atoms with Gasteiger partial charge in [0.1, 0.15) is 5.75 Å². The highest BCUT2D eigenvalue weighted by atomic mass is 32.2. The number of anilines is 1. The molecule has 10 heteroatoms. The largest absolute Gasteiger partial charge is 0.497 e. The van der Waals surface area contributed by atoms with Gasteiger partial charge in [0.25, 0.3) is 15.9 Å². The lowest BCUT2D eigenvalue weighted by molar-refractivity contribution is 0.0997. The predicted octanol–water partition coefficient (Wildman–Crippen LogP) is 3.92. The van der Waals surface area contributed by atoms with Crippen molar-refractivity contribution in [2.45, 2.75) is 11.4 Å². The first-order chi connectivity index (χ1) is 16.8. The van der Waals surface area contributed by atoms with Crippen molar-refractivity contribution in [2.75, 3.05) is 32.2 Å². The van der Waals surface area contributed by atoms with Gasteiger partial charge in [-0.15, -0.1) is 0 Å². The number of para-hydroxylation sites is 1. The Bertz CT molecular complexity index is 1510. The lowest BCUT2D eigenvalue weighted by Crippen LogP contribution is -2.26. The fraction of sp³-hybridized carbons (Fsp3) is 0.200. The Kier molecular flexibility index (Phi) is 7.34. The number of thiazole rings is 1. The van der Waals surface area contributed by atoms with Crippen molar-refractivity contribution in [2.24, 2.45) is 4.99 Å². The zero-order valence-corrected chi connectivity index (χ0v) is 21.2. The molecule has 0 aliphatic rings. The van der Waals surface area contributed by atoms with E-state index in [4.69, 9.17) is 9.47 Å². The van der Waals surface area contributed by atoms with Crippen molar-refractivity contribution < 1.29 is 22.7 Å². The maximum absolute atomic E-state index is 13.0. The molecule has 0 fully saturated rings. The average Bonchev–Trinajstić information content (AvgIpc) is 3.23. The minimum atomic E-state index is -3.77. The highest BCUT2D eigenvalue weighted by Gasteiger charge is 2.21. The molecule has 3 aromatic carbocycles. The summed E-state index contributed by atoms with van der Waals surface area (Å²) in [6.45, 7) is 0.985. The SMILES string of the molecule is COCCn1c(=NC(=O)c2ccc(S(=O)(=O)N(C)c3ccccc3)cc2)sc2cc(OC)ccc21. The Labute approximate surface area is 207 Å². The molecule has 0 unspecified atom stereocenters. The van der Waals surface area contributed by atoms with E-state index < -0.39 is 15.9 Å². The third kappa shape index (κ3) is 5.14. The Morgan fingerprint density at radius 2 is 1.74 bits per heavy atom. The molecule has 0 bridgehead atoms. The first kappa shape index (κ1) is 24.6. The summed E-state index contributed by atoms with van der Waals surface area (Å²) in [5.41, 5.74) is 1.76. The number of benzene rings is 3. The second-order valence-electron chi connectivity index (χ2n) is 7.61. The van der Waals surface area contributed by atoms with Crippen molar-refractivity contribution in [3.8, 4) is 5.75 Å². The first-order valence-electron chi connectivity index (χ1n) is 10.7. The number of aromatic nitrogens is 1. The van der Waals surface area contributed by atoms with Crippen LogP contribution in [0.1, 0.15) is 10.4 Å². The number of nitrogens with zero attached hydrogens (tertiary/aromatic N) is 3. The molecule has 0 spiro atoms. The summed E-state index contributed by atoms with van der Waals surface area (Å²) in [6, 6.07) is 20.3. The Morgan fingerprint density at radius 3 is 2.40 bits per heavy atom. The van der Waals surface area contributed by atoms with Crippen molar-refractivity contribution in [3.63, 3.8) is 0 Å². The average molecular weight is 512 g/mol. The van der Waals surface area contributed by atoms with Crippen LogP contribution in [0.25, 0.3) is 10.2 Å². The summed E-state index contributed by atoms with van der Waals surface area (Å²) in [4.78, 5) is 17.9. The number of hydrogen-bond donors (Lipinski definition) is 0. The molecule has 0 atom stereocenters. The molecular formula is C25H25N3O5S2. The summed E-state index contributed by atoms with van der Waals surface area (Å²) in [6.07, 6.45) is 0. The third-order valence-electron chi connectivity index (χ3n) is 5.49. The number of fused-ring (bicyclic) bond motifs is 1. The number of hydrogen-bond acceptors (Lipinski definition) is 6. The van der Waals surface area contributed by atoms with E-state index in [1.54, 1.807) is 38.5 Å². The standard InChI is InChI=1S/C25H25N3O5S2/c1-27(19-7-5-4-6-8-19)35(30,31)21-12-9-18(10-13-21)24(29)26-25-28(15-16-32-2)22-14-11-20(33-3)17-23(22)34-25/h4-14,17H,15-16H2,1-3H3. The van der Waals surface area contributed by atoms with Crippen LogP contribution < -0.4 is 13.8 Å². The van der Waals surface area contributed by atoms with Crippen LogP contribution in [0.2, 0.25) is 0 Å². The fourth-order valence-electron chi connectivity index (χ4n) is 3.52. The van der Waals surface area contributed by atoms with Gasteiger partial charge in [-0.05, 0) is 54.6 Å². The molecule has 4 rings (SSSR count). The van der Waals surface area contributed by atoms with Gasteiger partial charge >= 0.3 is 0 Å². The lowest BCUT2D eigenvalue weighted by atomic mass is 10.2. The maximum Gasteiger partial charge on any atom is 0.279 e. The number of rotatable bonds is 8. The summed E-state index contributed by atoms with van der Waals surface area (Å²) >= 11 is 1.37. The Hall–Kier alpha value is -3.47. The van der Waals surface area contributed by atoms with E-state index in [2.05, 4.69) is 4.99 Å². The van der Waals surface area contributed by atoms with Crippen LogP contribution in [-0.4, -0.2) is 46.8 Å². The second-order valence-corrected chi connectivity index (χ2v) is 10.6. The zero-order valence-electron chi connectivity index (χ0n) is 19.5. The van der Waals surface area contributed by atoms with Gasteiger partial charge in [0, 0.05) is 26.3 Å². The quantitative estimate of drug-likeness (QED) is 0.358. The molecule has 0 saturated carbocycles. The van der Waals surface area contributed by atoms with Crippen molar-refractivity contribution in [1.82, 2.24) is 4.57 Å². The van der Waals surface area contributed by atoms with Crippen molar-refractivity contribution in [1.29, 1.82) is 0 Å². The molecule has 0 aliphatic carbocycles. The van der Waals surface area contributed by atoms with Gasteiger partial charge in [0.05, 0.1) is 34.5 Å². The Morgan fingerprint density at radius 1 is 1.03 bits per heavy atom. The van der Waals surface area contributed by atoms with Gasteiger partial charge in [0.2, 0.25) is 0 Å². The number of sulfonamides is 1. The normalized spacial score (nSPS) is 12.1. The van der Waals surface area contributed by atoms with Gasteiger partial charge in [-0.2, -0.15) is 4.99 Å². The van der Waals surface area contributed by atoms with Crippen LogP contribution in [0.5, 0.6) is 5.75 Å². The van der Waals surface area contributed by atoms with Gasteiger partial charge in [-0.25, -0.2) is 8.42 Å². The van der Waals surface area contributed by atoms with Crippen molar-refractivity contribution in [3.05, 3.63) is 83.2 Å². The molecule has 1 aromatic heterocycles. The molecular weight excluding hydrogens is 486 g/mol. The third-order valence-corrected chi connectivity index (χ3v) is 8.33.